The summed E-state index contributed by atoms with van der Waals surface area (Å²) >= 11 is 0. The monoisotopic (exact) mass is 758 g/mol. The van der Waals surface area contributed by atoms with Crippen molar-refractivity contribution in [1.29, 1.82) is 0 Å². The molecule has 0 aromatic heterocycles. The first-order valence-corrected chi connectivity index (χ1v) is 16.1. The van der Waals surface area contributed by atoms with Crippen LogP contribution in [0.4, 0.5) is 0 Å². The molecule has 0 aliphatic carbocycles. The normalized spacial score (nSPS) is 10.4. The van der Waals surface area contributed by atoms with Crippen molar-refractivity contribution < 1.29 is 19.8 Å². The number of hydrogen-bond acceptors (Lipinski definition) is 4. The molecular weight excluding hydrogens is 704 g/mol. The van der Waals surface area contributed by atoms with Gasteiger partial charge >= 0.3 is 27.3 Å². The van der Waals surface area contributed by atoms with Crippen LogP contribution in [-0.4, -0.2) is 39.2 Å². The van der Waals surface area contributed by atoms with Gasteiger partial charge in [0.25, 0.3) is 0 Å². The van der Waals surface area contributed by atoms with E-state index in [1.165, 1.54) is 103 Å². The Bertz CT molecular complexity index is 852. The third-order valence-corrected chi connectivity index (χ3v) is 7.46. The van der Waals surface area contributed by atoms with Crippen molar-refractivity contribution >= 4 is 39.2 Å². The van der Waals surface area contributed by atoms with E-state index in [9.17, 15) is 19.8 Å². The van der Waals surface area contributed by atoms with E-state index in [0.717, 1.165) is 36.8 Å². The van der Waals surface area contributed by atoms with Crippen molar-refractivity contribution in [3.05, 3.63) is 70.8 Å². The molecule has 0 heterocycles. The van der Waals surface area contributed by atoms with Crippen LogP contribution in [0.1, 0.15) is 161 Å². The minimum absolute atomic E-state index is 0. The first-order valence-electron chi connectivity index (χ1n) is 16.1. The number of hydrogen-bond donors (Lipinski definition) is 0. The summed E-state index contributed by atoms with van der Waals surface area (Å²) in [6.45, 7) is 4.49. The fourth-order valence-electron chi connectivity index (χ4n) is 4.99. The van der Waals surface area contributed by atoms with E-state index in [2.05, 4.69) is 13.8 Å². The van der Waals surface area contributed by atoms with E-state index < -0.39 is 11.9 Å². The van der Waals surface area contributed by atoms with Gasteiger partial charge in [0.1, 0.15) is 0 Å². The second kappa shape index (κ2) is 27.2. The fraction of sp³-hybridized carbons (Fsp3) is 0.611. The smallest absolute Gasteiger partial charge is 0.545 e. The molecule has 0 amide bonds. The number of carbonyl (C=O) groups excluding carboxylic acids is 2. The number of carboxylic acids is 2. The van der Waals surface area contributed by atoms with Crippen LogP contribution in [0, 0.1) is 0 Å². The number of carboxylic acid groups (broad SMARTS) is 2. The van der Waals surface area contributed by atoms with Gasteiger partial charge in [-0.3, -0.25) is 0 Å². The summed E-state index contributed by atoms with van der Waals surface area (Å²) < 4.78 is 0. The zero-order valence-electron chi connectivity index (χ0n) is 25.9. The standard InChI is InChI=1S/2C18H28O2.Pb/c2*1-2-3-4-5-6-7-8-9-10-12-16-13-11-14-17(15-16)18(19)20;/h2*11,13-15H,2-10,12H2,1H3,(H,19,20);/q;;+2/p-2. The molecular formula is C36H54O4Pb. The van der Waals surface area contributed by atoms with Crippen molar-refractivity contribution in [2.45, 2.75) is 142 Å². The molecule has 0 aliphatic heterocycles. The fourth-order valence-corrected chi connectivity index (χ4v) is 4.99. The van der Waals surface area contributed by atoms with Gasteiger partial charge in [-0.05, 0) is 60.1 Å². The van der Waals surface area contributed by atoms with Gasteiger partial charge in [0, 0.05) is 0 Å². The van der Waals surface area contributed by atoms with E-state index in [0.29, 0.717) is 11.1 Å². The average Bonchev–Trinajstić information content (AvgIpc) is 2.96. The third kappa shape index (κ3) is 21.6. The zero-order chi connectivity index (χ0) is 29.3. The summed E-state index contributed by atoms with van der Waals surface area (Å²) in [7, 11) is 0. The van der Waals surface area contributed by atoms with Gasteiger partial charge in [-0.15, -0.1) is 0 Å². The van der Waals surface area contributed by atoms with Crippen LogP contribution >= 0.6 is 0 Å². The Balaban J connectivity index is 0.000000762. The molecule has 0 aliphatic rings. The third-order valence-electron chi connectivity index (χ3n) is 7.46. The van der Waals surface area contributed by atoms with E-state index in [4.69, 9.17) is 0 Å². The van der Waals surface area contributed by atoms with Gasteiger partial charge in [-0.2, -0.15) is 0 Å². The molecule has 2 aromatic rings. The van der Waals surface area contributed by atoms with E-state index in [-0.39, 0.29) is 27.3 Å². The molecule has 4 nitrogen and oxygen atoms in total. The molecule has 0 saturated carbocycles. The Morgan fingerprint density at radius 1 is 0.488 bits per heavy atom. The van der Waals surface area contributed by atoms with Crippen LogP contribution < -0.4 is 10.2 Å². The molecule has 2 rings (SSSR count). The number of rotatable bonds is 22. The second-order valence-corrected chi connectivity index (χ2v) is 11.1. The predicted molar refractivity (Wildman–Crippen MR) is 169 cm³/mol. The predicted octanol–water partition coefficient (Wildman–Crippen LogP) is 7.87. The maximum atomic E-state index is 10.8. The summed E-state index contributed by atoms with van der Waals surface area (Å²) in [5, 5.41) is 21.5. The van der Waals surface area contributed by atoms with Crippen LogP contribution in [0.15, 0.2) is 48.5 Å². The molecule has 0 N–H and O–H groups in total. The maximum Gasteiger partial charge on any atom is 2.00 e. The number of unbranched alkanes of at least 4 members (excludes halogenated alkanes) is 16. The average molecular weight is 758 g/mol. The minimum atomic E-state index is -1.08. The number of aromatic carboxylic acids is 2. The Kier molecular flexibility index (Phi) is 26.0. The van der Waals surface area contributed by atoms with Crippen molar-refractivity contribution in [2.75, 3.05) is 0 Å². The minimum Gasteiger partial charge on any atom is -0.545 e. The summed E-state index contributed by atoms with van der Waals surface area (Å²) in [4.78, 5) is 21.5. The van der Waals surface area contributed by atoms with Crippen LogP contribution in [0.5, 0.6) is 0 Å². The molecule has 2 aromatic carbocycles. The number of benzene rings is 2. The molecule has 226 valence electrons. The van der Waals surface area contributed by atoms with Crippen LogP contribution in [0.25, 0.3) is 0 Å². The van der Waals surface area contributed by atoms with Crippen molar-refractivity contribution in [3.63, 3.8) is 0 Å². The molecule has 0 atom stereocenters. The van der Waals surface area contributed by atoms with Gasteiger partial charge in [0.05, 0.1) is 11.9 Å². The van der Waals surface area contributed by atoms with Gasteiger partial charge in [-0.1, -0.05) is 153 Å². The molecule has 0 saturated heterocycles. The Morgan fingerprint density at radius 2 is 0.780 bits per heavy atom. The van der Waals surface area contributed by atoms with Gasteiger partial charge in [0.2, 0.25) is 0 Å². The van der Waals surface area contributed by atoms with Gasteiger partial charge in [-0.25, -0.2) is 0 Å². The van der Waals surface area contributed by atoms with E-state index >= 15 is 0 Å². The quantitative estimate of drug-likeness (QED) is 0.0906. The molecule has 0 bridgehead atoms. The summed E-state index contributed by atoms with van der Waals surface area (Å²) in [6, 6.07) is 14.3. The zero-order valence-corrected chi connectivity index (χ0v) is 29.8. The second-order valence-electron chi connectivity index (χ2n) is 11.1. The molecule has 5 heteroatoms. The number of aryl methyl sites for hydroxylation is 2. The summed E-state index contributed by atoms with van der Waals surface area (Å²) in [5.74, 6) is -2.17. The largest absolute Gasteiger partial charge is 2.00 e. The van der Waals surface area contributed by atoms with Gasteiger partial charge in [0.15, 0.2) is 0 Å². The Labute approximate surface area is 270 Å². The molecule has 0 spiro atoms. The van der Waals surface area contributed by atoms with Gasteiger partial charge < -0.3 is 19.8 Å². The van der Waals surface area contributed by atoms with Crippen LogP contribution in [-0.2, 0) is 12.8 Å². The van der Waals surface area contributed by atoms with Crippen molar-refractivity contribution in [3.8, 4) is 0 Å². The molecule has 0 unspecified atom stereocenters. The van der Waals surface area contributed by atoms with E-state index in [1.807, 2.05) is 12.1 Å². The summed E-state index contributed by atoms with van der Waals surface area (Å²) in [5.41, 5.74) is 2.79. The maximum absolute atomic E-state index is 10.8. The topological polar surface area (TPSA) is 80.3 Å². The molecule has 2 radical (unpaired) electrons. The van der Waals surface area contributed by atoms with Crippen LogP contribution in [0.3, 0.4) is 0 Å². The summed E-state index contributed by atoms with van der Waals surface area (Å²) in [6.07, 6.45) is 25.6. The Morgan fingerprint density at radius 3 is 1.07 bits per heavy atom. The SMILES string of the molecule is CCCCCCCCCCCc1cccc(C(=O)[O-])c1.CCCCCCCCCCCc1cccc(C(=O)[O-])c1.[Pb+2]. The first-order chi connectivity index (χ1) is 19.5. The van der Waals surface area contributed by atoms with Crippen LogP contribution in [0.2, 0.25) is 0 Å². The van der Waals surface area contributed by atoms with E-state index in [1.54, 1.807) is 36.4 Å². The van der Waals surface area contributed by atoms with Crippen molar-refractivity contribution in [2.24, 2.45) is 0 Å². The first kappa shape index (κ1) is 39.3. The van der Waals surface area contributed by atoms with Crippen molar-refractivity contribution in [1.82, 2.24) is 0 Å². The Hall–Kier alpha value is -1.70. The number of carbonyl (C=O) groups is 2. The molecule has 0 fully saturated rings. The molecule has 41 heavy (non-hydrogen) atoms.